The van der Waals surface area contributed by atoms with Gasteiger partial charge in [-0.2, -0.15) is 0 Å². The van der Waals surface area contributed by atoms with Crippen molar-refractivity contribution in [2.75, 3.05) is 32.3 Å². The fraction of sp³-hybridized carbons (Fsp3) is 0.636. The van der Waals surface area contributed by atoms with Crippen LogP contribution in [0.1, 0.15) is 24.3 Å². The lowest BCUT2D eigenvalue weighted by molar-refractivity contribution is 0.0595. The van der Waals surface area contributed by atoms with Gasteiger partial charge in [0.25, 0.3) is 0 Å². The maximum absolute atomic E-state index is 11.3. The number of hydrogen-bond donors (Lipinski definition) is 0. The number of ether oxygens (including phenoxy) is 2. The molecule has 0 aliphatic carbocycles. The van der Waals surface area contributed by atoms with Crippen LogP contribution in [0.3, 0.4) is 0 Å². The molecule has 0 N–H and O–H groups in total. The average molecular weight is 258 g/mol. The van der Waals surface area contributed by atoms with E-state index >= 15 is 0 Å². The number of rotatable bonds is 6. The van der Waals surface area contributed by atoms with Crippen LogP contribution in [0.4, 0.5) is 5.13 Å². The highest BCUT2D eigenvalue weighted by Gasteiger charge is 2.17. The summed E-state index contributed by atoms with van der Waals surface area (Å²) in [5.41, 5.74) is 0.357. The first-order valence-corrected chi connectivity index (χ1v) is 6.27. The molecule has 0 saturated carbocycles. The van der Waals surface area contributed by atoms with Gasteiger partial charge in [0.15, 0.2) is 10.8 Å². The number of aromatic nitrogens is 1. The highest BCUT2D eigenvalue weighted by Crippen LogP contribution is 2.22. The molecule has 0 radical (unpaired) electrons. The van der Waals surface area contributed by atoms with E-state index in [0.29, 0.717) is 18.3 Å². The fourth-order valence-corrected chi connectivity index (χ4v) is 2.31. The van der Waals surface area contributed by atoms with Crippen LogP contribution in [-0.2, 0) is 9.47 Å². The molecule has 0 aliphatic heterocycles. The summed E-state index contributed by atoms with van der Waals surface area (Å²) >= 11 is 1.44. The molecule has 0 aliphatic rings. The van der Waals surface area contributed by atoms with Crippen LogP contribution < -0.4 is 4.90 Å². The Balaban J connectivity index is 2.80. The zero-order chi connectivity index (χ0) is 12.8. The molecule has 0 unspecified atom stereocenters. The summed E-state index contributed by atoms with van der Waals surface area (Å²) in [6, 6.07) is 0.307. The third-order valence-electron chi connectivity index (χ3n) is 2.29. The number of methoxy groups -OCH3 is 2. The van der Waals surface area contributed by atoms with Crippen molar-refractivity contribution in [3.05, 3.63) is 11.1 Å². The van der Waals surface area contributed by atoms with Crippen LogP contribution in [0.25, 0.3) is 0 Å². The minimum absolute atomic E-state index is 0.307. The van der Waals surface area contributed by atoms with Gasteiger partial charge in [-0.3, -0.25) is 0 Å². The molecule has 96 valence electrons. The van der Waals surface area contributed by atoms with Gasteiger partial charge in [-0.25, -0.2) is 9.78 Å². The average Bonchev–Trinajstić information content (AvgIpc) is 2.77. The summed E-state index contributed by atoms with van der Waals surface area (Å²) in [5, 5.41) is 2.53. The van der Waals surface area contributed by atoms with Gasteiger partial charge in [0, 0.05) is 25.1 Å². The molecule has 0 spiro atoms. The lowest BCUT2D eigenvalue weighted by atomic mass is 10.3. The number of esters is 1. The van der Waals surface area contributed by atoms with Gasteiger partial charge in [0.05, 0.1) is 13.7 Å². The Kier molecular flexibility index (Phi) is 5.37. The number of carbonyl (C=O) groups is 1. The fourth-order valence-electron chi connectivity index (χ4n) is 1.36. The maximum Gasteiger partial charge on any atom is 0.357 e. The van der Waals surface area contributed by atoms with Crippen LogP contribution in [0.5, 0.6) is 0 Å². The summed E-state index contributed by atoms with van der Waals surface area (Å²) in [4.78, 5) is 17.7. The molecular formula is C11H18N2O3S. The quantitative estimate of drug-likeness (QED) is 0.728. The summed E-state index contributed by atoms with van der Waals surface area (Å²) in [6.07, 6.45) is 0. The molecule has 1 aromatic rings. The van der Waals surface area contributed by atoms with E-state index in [4.69, 9.17) is 4.74 Å². The molecule has 1 heterocycles. The molecule has 0 aromatic carbocycles. The van der Waals surface area contributed by atoms with Crippen LogP contribution in [-0.4, -0.2) is 44.4 Å². The van der Waals surface area contributed by atoms with E-state index in [9.17, 15) is 4.79 Å². The highest BCUT2D eigenvalue weighted by molar-refractivity contribution is 7.13. The number of anilines is 1. The van der Waals surface area contributed by atoms with E-state index in [2.05, 4.69) is 28.5 Å². The first-order valence-electron chi connectivity index (χ1n) is 5.39. The van der Waals surface area contributed by atoms with Gasteiger partial charge in [0.2, 0.25) is 0 Å². The van der Waals surface area contributed by atoms with Gasteiger partial charge in [-0.15, -0.1) is 11.3 Å². The lowest BCUT2D eigenvalue weighted by Gasteiger charge is -2.25. The van der Waals surface area contributed by atoms with E-state index in [1.54, 1.807) is 12.5 Å². The van der Waals surface area contributed by atoms with Crippen LogP contribution in [0, 0.1) is 0 Å². The second-order valence-electron chi connectivity index (χ2n) is 3.79. The van der Waals surface area contributed by atoms with Crippen molar-refractivity contribution in [3.8, 4) is 0 Å². The van der Waals surface area contributed by atoms with Crippen LogP contribution in [0.2, 0.25) is 0 Å². The molecule has 6 heteroatoms. The SMILES string of the molecule is COCCN(c1nc(C(=O)OC)cs1)C(C)C. The molecule has 0 atom stereocenters. The summed E-state index contributed by atoms with van der Waals surface area (Å²) in [7, 11) is 3.02. The Morgan fingerprint density at radius 3 is 2.76 bits per heavy atom. The largest absolute Gasteiger partial charge is 0.464 e. The van der Waals surface area contributed by atoms with Gasteiger partial charge in [-0.05, 0) is 13.8 Å². The molecule has 0 amide bonds. The van der Waals surface area contributed by atoms with Crippen LogP contribution >= 0.6 is 11.3 Å². The summed E-state index contributed by atoms with van der Waals surface area (Å²) < 4.78 is 9.70. The third kappa shape index (κ3) is 3.67. The monoisotopic (exact) mass is 258 g/mol. The van der Waals surface area contributed by atoms with Crippen molar-refractivity contribution in [2.24, 2.45) is 0 Å². The van der Waals surface area contributed by atoms with Gasteiger partial charge >= 0.3 is 5.97 Å². The Hall–Kier alpha value is -1.14. The van der Waals surface area contributed by atoms with Crippen molar-refractivity contribution in [1.82, 2.24) is 4.98 Å². The molecular weight excluding hydrogens is 240 g/mol. The molecule has 1 aromatic heterocycles. The Labute approximate surface area is 105 Å². The zero-order valence-electron chi connectivity index (χ0n) is 10.6. The van der Waals surface area contributed by atoms with E-state index in [0.717, 1.165) is 11.7 Å². The van der Waals surface area contributed by atoms with E-state index in [-0.39, 0.29) is 0 Å². The maximum atomic E-state index is 11.3. The normalized spacial score (nSPS) is 10.6. The number of nitrogens with zero attached hydrogens (tertiary/aromatic N) is 2. The second kappa shape index (κ2) is 6.56. The smallest absolute Gasteiger partial charge is 0.357 e. The Morgan fingerprint density at radius 1 is 1.53 bits per heavy atom. The van der Waals surface area contributed by atoms with Crippen molar-refractivity contribution >= 4 is 22.4 Å². The number of thiazole rings is 1. The third-order valence-corrected chi connectivity index (χ3v) is 3.17. The van der Waals surface area contributed by atoms with E-state index in [1.165, 1.54) is 18.4 Å². The van der Waals surface area contributed by atoms with E-state index in [1.807, 2.05) is 0 Å². The molecule has 0 bridgehead atoms. The van der Waals surface area contributed by atoms with E-state index < -0.39 is 5.97 Å². The Bertz CT molecular complexity index is 365. The lowest BCUT2D eigenvalue weighted by Crippen LogP contribution is -2.33. The van der Waals surface area contributed by atoms with Gasteiger partial charge in [-0.1, -0.05) is 0 Å². The zero-order valence-corrected chi connectivity index (χ0v) is 11.4. The first-order chi connectivity index (χ1) is 8.10. The molecule has 5 nitrogen and oxygen atoms in total. The van der Waals surface area contributed by atoms with Crippen molar-refractivity contribution in [2.45, 2.75) is 19.9 Å². The molecule has 1 rings (SSSR count). The Morgan fingerprint density at radius 2 is 2.24 bits per heavy atom. The second-order valence-corrected chi connectivity index (χ2v) is 4.62. The molecule has 17 heavy (non-hydrogen) atoms. The predicted molar refractivity (Wildman–Crippen MR) is 67.8 cm³/mol. The number of hydrogen-bond acceptors (Lipinski definition) is 6. The minimum atomic E-state index is -0.400. The number of carbonyl (C=O) groups excluding carboxylic acids is 1. The summed E-state index contributed by atoms with van der Waals surface area (Å²) in [5.74, 6) is -0.400. The van der Waals surface area contributed by atoms with Gasteiger partial charge < -0.3 is 14.4 Å². The topological polar surface area (TPSA) is 51.7 Å². The summed E-state index contributed by atoms with van der Waals surface area (Å²) in [6.45, 7) is 5.54. The first kappa shape index (κ1) is 13.9. The van der Waals surface area contributed by atoms with Gasteiger partial charge in [0.1, 0.15) is 0 Å². The molecule has 0 saturated heterocycles. The highest BCUT2D eigenvalue weighted by atomic mass is 32.1. The minimum Gasteiger partial charge on any atom is -0.464 e. The van der Waals surface area contributed by atoms with Crippen molar-refractivity contribution < 1.29 is 14.3 Å². The standard InChI is InChI=1S/C11H18N2O3S/c1-8(2)13(5-6-15-3)11-12-9(7-17-11)10(14)16-4/h7-8H,5-6H2,1-4H3. The van der Waals surface area contributed by atoms with Crippen molar-refractivity contribution in [1.29, 1.82) is 0 Å². The predicted octanol–water partition coefficient (Wildman–Crippen LogP) is 1.79. The van der Waals surface area contributed by atoms with Crippen molar-refractivity contribution in [3.63, 3.8) is 0 Å². The van der Waals surface area contributed by atoms with Crippen LogP contribution in [0.15, 0.2) is 5.38 Å². The molecule has 0 fully saturated rings.